The van der Waals surface area contributed by atoms with Crippen LogP contribution in [0.15, 0.2) is 42.5 Å². The van der Waals surface area contributed by atoms with Gasteiger partial charge in [0.25, 0.3) is 0 Å². The second-order valence-corrected chi connectivity index (χ2v) is 4.63. The van der Waals surface area contributed by atoms with Crippen molar-refractivity contribution in [3.05, 3.63) is 70.3 Å². The van der Waals surface area contributed by atoms with Gasteiger partial charge in [0.15, 0.2) is 0 Å². The molecular weight excluding hydrogens is 224 g/mol. The van der Waals surface area contributed by atoms with Gasteiger partial charge in [0.2, 0.25) is 0 Å². The highest BCUT2D eigenvalue weighted by atomic mass is 16.4. The van der Waals surface area contributed by atoms with Crippen molar-refractivity contribution >= 4 is 5.97 Å². The Bertz CT molecular complexity index is 568. The lowest BCUT2D eigenvalue weighted by atomic mass is 9.97. The summed E-state index contributed by atoms with van der Waals surface area (Å²) in [5.74, 6) is -0.860. The first-order chi connectivity index (χ1) is 8.56. The van der Waals surface area contributed by atoms with E-state index in [0.717, 1.165) is 16.7 Å². The van der Waals surface area contributed by atoms with Crippen LogP contribution in [0.25, 0.3) is 0 Å². The molecule has 2 nitrogen and oxygen atoms in total. The topological polar surface area (TPSA) is 37.3 Å². The number of hydrogen-bond donors (Lipinski definition) is 1. The maximum absolute atomic E-state index is 11.2. The van der Waals surface area contributed by atoms with Gasteiger partial charge in [-0.1, -0.05) is 47.5 Å². The van der Waals surface area contributed by atoms with Gasteiger partial charge in [-0.15, -0.1) is 0 Å². The van der Waals surface area contributed by atoms with Gasteiger partial charge in [-0.3, -0.25) is 0 Å². The highest BCUT2D eigenvalue weighted by Crippen LogP contribution is 2.17. The zero-order valence-corrected chi connectivity index (χ0v) is 10.6. The summed E-state index contributed by atoms with van der Waals surface area (Å²) < 4.78 is 0. The molecule has 2 aromatic rings. The third-order valence-corrected chi connectivity index (χ3v) is 3.01. The van der Waals surface area contributed by atoms with E-state index in [1.165, 1.54) is 5.56 Å². The lowest BCUT2D eigenvalue weighted by molar-refractivity contribution is 0.0695. The third-order valence-electron chi connectivity index (χ3n) is 3.01. The molecule has 92 valence electrons. The monoisotopic (exact) mass is 240 g/mol. The van der Waals surface area contributed by atoms with Gasteiger partial charge < -0.3 is 5.11 Å². The van der Waals surface area contributed by atoms with Crippen molar-refractivity contribution < 1.29 is 9.90 Å². The lowest BCUT2D eigenvalue weighted by Crippen LogP contribution is -2.03. The van der Waals surface area contributed by atoms with Crippen LogP contribution in [0.4, 0.5) is 0 Å². The molecule has 0 bridgehead atoms. The van der Waals surface area contributed by atoms with Crippen LogP contribution in [0.2, 0.25) is 0 Å². The molecule has 0 aliphatic heterocycles. The van der Waals surface area contributed by atoms with Crippen LogP contribution < -0.4 is 0 Å². The average molecular weight is 240 g/mol. The van der Waals surface area contributed by atoms with Gasteiger partial charge in [0.05, 0.1) is 5.56 Å². The molecule has 0 saturated carbocycles. The molecule has 0 spiro atoms. The Morgan fingerprint density at radius 2 is 1.61 bits per heavy atom. The SMILES string of the molecule is Cc1ccc(Cc2ccc(C)cc2C(=O)O)cc1. The fraction of sp³-hybridized carbons (Fsp3) is 0.188. The van der Waals surface area contributed by atoms with E-state index < -0.39 is 5.97 Å². The minimum atomic E-state index is -0.860. The number of aromatic carboxylic acids is 1. The van der Waals surface area contributed by atoms with E-state index in [9.17, 15) is 9.90 Å². The van der Waals surface area contributed by atoms with E-state index in [2.05, 4.69) is 0 Å². The molecule has 0 amide bonds. The van der Waals surface area contributed by atoms with Gasteiger partial charge >= 0.3 is 5.97 Å². The average Bonchev–Trinajstić information content (AvgIpc) is 2.34. The van der Waals surface area contributed by atoms with E-state index in [1.807, 2.05) is 50.2 Å². The Kier molecular flexibility index (Phi) is 3.47. The van der Waals surface area contributed by atoms with Crippen molar-refractivity contribution in [1.29, 1.82) is 0 Å². The molecule has 2 aromatic carbocycles. The summed E-state index contributed by atoms with van der Waals surface area (Å²) in [6, 6.07) is 13.8. The number of benzene rings is 2. The number of carboxylic acids is 1. The largest absolute Gasteiger partial charge is 0.478 e. The number of rotatable bonds is 3. The first-order valence-corrected chi connectivity index (χ1v) is 5.94. The summed E-state index contributed by atoms with van der Waals surface area (Å²) in [5.41, 5.74) is 4.57. The number of carboxylic acid groups (broad SMARTS) is 1. The summed E-state index contributed by atoms with van der Waals surface area (Å²) in [7, 11) is 0. The fourth-order valence-corrected chi connectivity index (χ4v) is 1.97. The van der Waals surface area contributed by atoms with E-state index in [0.29, 0.717) is 12.0 Å². The lowest BCUT2D eigenvalue weighted by Gasteiger charge is -2.07. The maximum atomic E-state index is 11.2. The molecule has 2 heteroatoms. The molecule has 0 fully saturated rings. The number of hydrogen-bond acceptors (Lipinski definition) is 1. The summed E-state index contributed by atoms with van der Waals surface area (Å²) in [5, 5.41) is 9.21. The van der Waals surface area contributed by atoms with Gasteiger partial charge in [-0.2, -0.15) is 0 Å². The van der Waals surface area contributed by atoms with Gasteiger partial charge in [-0.05, 0) is 37.5 Å². The molecule has 0 radical (unpaired) electrons. The summed E-state index contributed by atoms with van der Waals surface area (Å²) >= 11 is 0. The second-order valence-electron chi connectivity index (χ2n) is 4.63. The molecule has 18 heavy (non-hydrogen) atoms. The first kappa shape index (κ1) is 12.4. The van der Waals surface area contributed by atoms with E-state index in [4.69, 9.17) is 0 Å². The summed E-state index contributed by atoms with van der Waals surface area (Å²) in [6.45, 7) is 3.94. The van der Waals surface area contributed by atoms with Crippen LogP contribution >= 0.6 is 0 Å². The Labute approximate surface area is 107 Å². The Hall–Kier alpha value is -2.09. The zero-order chi connectivity index (χ0) is 13.1. The molecule has 2 rings (SSSR count). The molecule has 0 atom stereocenters. The quantitative estimate of drug-likeness (QED) is 0.890. The van der Waals surface area contributed by atoms with Crippen molar-refractivity contribution in [2.24, 2.45) is 0 Å². The standard InChI is InChI=1S/C16H16O2/c1-11-3-6-13(7-4-11)10-14-8-5-12(2)9-15(14)16(17)18/h3-9H,10H2,1-2H3,(H,17,18). The second kappa shape index (κ2) is 5.05. The van der Waals surface area contributed by atoms with E-state index in [-0.39, 0.29) is 0 Å². The van der Waals surface area contributed by atoms with Crippen molar-refractivity contribution in [2.75, 3.05) is 0 Å². The molecule has 0 aliphatic carbocycles. The third kappa shape index (κ3) is 2.77. The van der Waals surface area contributed by atoms with Crippen molar-refractivity contribution in [3.63, 3.8) is 0 Å². The number of carbonyl (C=O) groups is 1. The van der Waals surface area contributed by atoms with Gasteiger partial charge in [0, 0.05) is 0 Å². The molecule has 0 unspecified atom stereocenters. The van der Waals surface area contributed by atoms with E-state index in [1.54, 1.807) is 6.07 Å². The highest BCUT2D eigenvalue weighted by molar-refractivity contribution is 5.89. The fourth-order valence-electron chi connectivity index (χ4n) is 1.97. The minimum absolute atomic E-state index is 0.399. The van der Waals surface area contributed by atoms with Crippen LogP contribution in [-0.4, -0.2) is 11.1 Å². The maximum Gasteiger partial charge on any atom is 0.335 e. The van der Waals surface area contributed by atoms with Gasteiger partial charge in [0.1, 0.15) is 0 Å². The number of aryl methyl sites for hydroxylation is 2. The van der Waals surface area contributed by atoms with Crippen molar-refractivity contribution in [2.45, 2.75) is 20.3 Å². The summed E-state index contributed by atoms with van der Waals surface area (Å²) in [6.07, 6.45) is 0.655. The molecular formula is C16H16O2. The Balaban J connectivity index is 2.34. The smallest absolute Gasteiger partial charge is 0.335 e. The molecule has 1 N–H and O–H groups in total. The molecule has 0 aliphatic rings. The van der Waals surface area contributed by atoms with Gasteiger partial charge in [-0.25, -0.2) is 4.79 Å². The predicted octanol–water partition coefficient (Wildman–Crippen LogP) is 3.59. The first-order valence-electron chi connectivity index (χ1n) is 5.94. The van der Waals surface area contributed by atoms with Crippen LogP contribution in [0.5, 0.6) is 0 Å². The van der Waals surface area contributed by atoms with Crippen LogP contribution in [0.1, 0.15) is 32.6 Å². The Morgan fingerprint density at radius 3 is 2.22 bits per heavy atom. The molecule has 0 aromatic heterocycles. The zero-order valence-electron chi connectivity index (χ0n) is 10.6. The minimum Gasteiger partial charge on any atom is -0.478 e. The van der Waals surface area contributed by atoms with Crippen molar-refractivity contribution in [3.8, 4) is 0 Å². The Morgan fingerprint density at radius 1 is 1.00 bits per heavy atom. The molecule has 0 saturated heterocycles. The van der Waals surface area contributed by atoms with E-state index >= 15 is 0 Å². The van der Waals surface area contributed by atoms with Crippen LogP contribution in [0, 0.1) is 13.8 Å². The molecule has 0 heterocycles. The summed E-state index contributed by atoms with van der Waals surface area (Å²) in [4.78, 5) is 11.2. The van der Waals surface area contributed by atoms with Crippen LogP contribution in [0.3, 0.4) is 0 Å². The predicted molar refractivity (Wildman–Crippen MR) is 72.1 cm³/mol. The van der Waals surface area contributed by atoms with Crippen LogP contribution in [-0.2, 0) is 6.42 Å². The normalized spacial score (nSPS) is 10.3. The van der Waals surface area contributed by atoms with Crippen molar-refractivity contribution in [1.82, 2.24) is 0 Å². The highest BCUT2D eigenvalue weighted by Gasteiger charge is 2.10.